The van der Waals surface area contributed by atoms with Gasteiger partial charge in [-0.25, -0.2) is 4.79 Å². The first-order chi connectivity index (χ1) is 3.27. The van der Waals surface area contributed by atoms with Crippen LogP contribution in [0.3, 0.4) is 0 Å². The van der Waals surface area contributed by atoms with E-state index in [1.807, 2.05) is 0 Å². The van der Waals surface area contributed by atoms with Crippen LogP contribution >= 0.6 is 0 Å². The summed E-state index contributed by atoms with van der Waals surface area (Å²) in [5.41, 5.74) is 0. The minimum atomic E-state index is -0.981. The van der Waals surface area contributed by atoms with Crippen molar-refractivity contribution in [2.75, 3.05) is 0 Å². The molecule has 1 radical (unpaired) electrons. The molecular weight excluding hydrogens is 115 g/mol. The second kappa shape index (κ2) is 15.8. The summed E-state index contributed by atoms with van der Waals surface area (Å²) >= 11 is 0. The molecule has 0 unspecified atom stereocenters. The molecule has 0 bridgehead atoms. The first-order valence-electron chi connectivity index (χ1n) is 1.62. The Morgan fingerprint density at radius 3 is 1.62 bits per heavy atom. The summed E-state index contributed by atoms with van der Waals surface area (Å²) in [5.74, 6) is -0.981. The predicted octanol–water partition coefficient (Wildman–Crippen LogP) is 0.678. The van der Waals surface area contributed by atoms with Crippen molar-refractivity contribution in [2.45, 2.75) is 0 Å². The van der Waals surface area contributed by atoms with E-state index in [4.69, 9.17) is 5.11 Å². The number of hydrogen-bond acceptors (Lipinski definition) is 1. The van der Waals surface area contributed by atoms with Crippen molar-refractivity contribution >= 4 is 35.5 Å². The Morgan fingerprint density at radius 2 is 1.62 bits per heavy atom. The van der Waals surface area contributed by atoms with Crippen molar-refractivity contribution in [2.24, 2.45) is 0 Å². The minimum Gasteiger partial charge on any atom is -0.478 e. The van der Waals surface area contributed by atoms with Crippen LogP contribution in [-0.2, 0) is 4.79 Å². The summed E-state index contributed by atoms with van der Waals surface area (Å²) < 4.78 is 0. The van der Waals surface area contributed by atoms with E-state index >= 15 is 0 Å². The maximum Gasteiger partial charge on any atom is 0.327 e. The van der Waals surface area contributed by atoms with Crippen LogP contribution in [0.25, 0.3) is 0 Å². The van der Waals surface area contributed by atoms with Crippen LogP contribution in [0.4, 0.5) is 0 Å². The molecule has 0 aliphatic carbocycles. The molecule has 2 nitrogen and oxygen atoms in total. The number of aliphatic carboxylic acids is 1. The molecule has 0 aromatic carbocycles. The summed E-state index contributed by atoms with van der Waals surface area (Å²) in [5, 5.41) is 7.60. The van der Waals surface area contributed by atoms with Gasteiger partial charge in [0.2, 0.25) is 0 Å². The molecule has 3 heteroatoms. The molecule has 0 fully saturated rings. The first-order valence-corrected chi connectivity index (χ1v) is 1.62. The molecule has 8 heavy (non-hydrogen) atoms. The Hall–Kier alpha value is -0.0500. The first kappa shape index (κ1) is 15.7. The maximum atomic E-state index is 9.25. The van der Waals surface area contributed by atoms with Gasteiger partial charge < -0.3 is 5.11 Å². The van der Waals surface area contributed by atoms with Crippen molar-refractivity contribution in [3.05, 3.63) is 25.8 Å². The monoisotopic (exact) mass is 123 g/mol. The van der Waals surface area contributed by atoms with E-state index in [0.29, 0.717) is 0 Å². The zero-order valence-corrected chi connectivity index (χ0v) is 7.05. The van der Waals surface area contributed by atoms with E-state index in [1.165, 1.54) is 0 Å². The van der Waals surface area contributed by atoms with Crippen LogP contribution in [0, 0.1) is 0 Å². The van der Waals surface area contributed by atoms with Crippen molar-refractivity contribution < 1.29 is 9.90 Å². The molecule has 0 saturated carbocycles. The van der Waals surface area contributed by atoms with Gasteiger partial charge in [-0.1, -0.05) is 6.58 Å². The maximum absolute atomic E-state index is 9.25. The third-order valence-corrected chi connectivity index (χ3v) is 0.175. The second-order valence-electron chi connectivity index (χ2n) is 0.542. The van der Waals surface area contributed by atoms with Crippen LogP contribution in [0.5, 0.6) is 0 Å². The number of carbonyl (C=O) groups is 1. The average molecular weight is 123 g/mol. The standard InChI is InChI=1S/C3H4O2.C2H4.Na/c1-2-3(4)5;1-2;/h2H,1H2,(H,4,5);1-2H2;. The van der Waals surface area contributed by atoms with Crippen molar-refractivity contribution in [1.82, 2.24) is 0 Å². The molecule has 0 heterocycles. The molecule has 41 valence electrons. The number of carboxylic acids is 1. The molecule has 0 aliphatic rings. The van der Waals surface area contributed by atoms with E-state index in [0.717, 1.165) is 6.08 Å². The van der Waals surface area contributed by atoms with Gasteiger partial charge in [-0.15, -0.1) is 13.2 Å². The number of carboxylic acid groups (broad SMARTS) is 1. The van der Waals surface area contributed by atoms with E-state index in [9.17, 15) is 4.79 Å². The molecule has 0 rings (SSSR count). The van der Waals surface area contributed by atoms with Gasteiger partial charge in [0.25, 0.3) is 0 Å². The topological polar surface area (TPSA) is 37.3 Å². The Balaban J connectivity index is -0.0000000750. The van der Waals surface area contributed by atoms with E-state index in [1.54, 1.807) is 0 Å². The van der Waals surface area contributed by atoms with Gasteiger partial charge in [-0.05, 0) is 0 Å². The molecule has 0 atom stereocenters. The second-order valence-corrected chi connectivity index (χ2v) is 0.542. The molecule has 0 aliphatic heterocycles. The largest absolute Gasteiger partial charge is 0.478 e. The molecule has 0 saturated heterocycles. The van der Waals surface area contributed by atoms with Gasteiger partial charge in [-0.3, -0.25) is 0 Å². The number of hydrogen-bond donors (Lipinski definition) is 1. The Morgan fingerprint density at radius 1 is 1.50 bits per heavy atom. The predicted molar refractivity (Wildman–Crippen MR) is 34.8 cm³/mol. The van der Waals surface area contributed by atoms with Gasteiger partial charge in [0.05, 0.1) is 0 Å². The fourth-order valence-corrected chi connectivity index (χ4v) is 0. The van der Waals surface area contributed by atoms with E-state index in [2.05, 4.69) is 19.7 Å². The molecule has 0 amide bonds. The minimum absolute atomic E-state index is 0. The summed E-state index contributed by atoms with van der Waals surface area (Å²) in [7, 11) is 0. The molecular formula is C5H8NaO2. The van der Waals surface area contributed by atoms with Crippen molar-refractivity contribution in [3.63, 3.8) is 0 Å². The van der Waals surface area contributed by atoms with Gasteiger partial charge in [0.15, 0.2) is 0 Å². The molecule has 0 aromatic rings. The van der Waals surface area contributed by atoms with Crippen molar-refractivity contribution in [1.29, 1.82) is 0 Å². The smallest absolute Gasteiger partial charge is 0.327 e. The normalized spacial score (nSPS) is 4.50. The van der Waals surface area contributed by atoms with Crippen LogP contribution < -0.4 is 0 Å². The Labute approximate surface area is 71.2 Å². The van der Waals surface area contributed by atoms with Crippen molar-refractivity contribution in [3.8, 4) is 0 Å². The van der Waals surface area contributed by atoms with Crippen LogP contribution in [0.2, 0.25) is 0 Å². The molecule has 1 N–H and O–H groups in total. The van der Waals surface area contributed by atoms with Crippen LogP contribution in [0.1, 0.15) is 0 Å². The summed E-state index contributed by atoms with van der Waals surface area (Å²) in [4.78, 5) is 9.25. The fourth-order valence-electron chi connectivity index (χ4n) is 0. The third-order valence-electron chi connectivity index (χ3n) is 0.175. The average Bonchev–Trinajstić information content (AvgIpc) is 1.73. The van der Waals surface area contributed by atoms with Crippen LogP contribution in [0.15, 0.2) is 25.8 Å². The summed E-state index contributed by atoms with van der Waals surface area (Å²) in [6, 6.07) is 0. The molecule has 0 spiro atoms. The molecule has 0 aromatic heterocycles. The van der Waals surface area contributed by atoms with Gasteiger partial charge in [0.1, 0.15) is 0 Å². The van der Waals surface area contributed by atoms with E-state index in [-0.39, 0.29) is 29.6 Å². The summed E-state index contributed by atoms with van der Waals surface area (Å²) in [6.45, 7) is 8.96. The van der Waals surface area contributed by atoms with Gasteiger partial charge in [-0.2, -0.15) is 0 Å². The zero-order chi connectivity index (χ0) is 6.28. The Bertz CT molecular complexity index is 70.8. The fraction of sp³-hybridized carbons (Fsp3) is 0. The van der Waals surface area contributed by atoms with Gasteiger partial charge >= 0.3 is 5.97 Å². The zero-order valence-electron chi connectivity index (χ0n) is 5.05. The number of rotatable bonds is 1. The van der Waals surface area contributed by atoms with E-state index < -0.39 is 5.97 Å². The summed E-state index contributed by atoms with van der Waals surface area (Å²) in [6.07, 6.45) is 0.833. The SMILES string of the molecule is C=C.C=CC(=O)O.[Na]. The van der Waals surface area contributed by atoms with Crippen LogP contribution in [-0.4, -0.2) is 40.6 Å². The quantitative estimate of drug-likeness (QED) is 0.316. The Kier molecular flexibility index (Phi) is 30.9. The third kappa shape index (κ3) is 38.3. The van der Waals surface area contributed by atoms with Gasteiger partial charge in [0, 0.05) is 35.6 Å².